The number of thiophene rings is 1. The Morgan fingerprint density at radius 1 is 1.42 bits per heavy atom. The molecule has 0 radical (unpaired) electrons. The summed E-state index contributed by atoms with van der Waals surface area (Å²) in [5, 5.41) is 7.67. The van der Waals surface area contributed by atoms with E-state index >= 15 is 0 Å². The Kier molecular flexibility index (Phi) is 5.13. The number of likely N-dealkylation sites (N-methyl/N-ethyl adjacent to an activating group) is 1. The molecule has 0 aliphatic rings. The summed E-state index contributed by atoms with van der Waals surface area (Å²) in [4.78, 5) is 5.71. The van der Waals surface area contributed by atoms with Gasteiger partial charge in [-0.1, -0.05) is 13.8 Å². The van der Waals surface area contributed by atoms with Crippen molar-refractivity contribution < 1.29 is 0 Å². The number of nitrogens with zero attached hydrogens (tertiary/aromatic N) is 3. The van der Waals surface area contributed by atoms with Crippen LogP contribution in [0.4, 0.5) is 0 Å². The quantitative estimate of drug-likeness (QED) is 0.875. The van der Waals surface area contributed by atoms with Crippen LogP contribution in [0.25, 0.3) is 0 Å². The van der Waals surface area contributed by atoms with Crippen LogP contribution < -0.4 is 5.32 Å². The van der Waals surface area contributed by atoms with Crippen molar-refractivity contribution in [1.29, 1.82) is 0 Å². The van der Waals surface area contributed by atoms with E-state index in [0.29, 0.717) is 5.92 Å². The molecule has 0 saturated carbocycles. The molecule has 0 spiro atoms. The lowest BCUT2D eigenvalue weighted by Gasteiger charge is -2.15. The van der Waals surface area contributed by atoms with Gasteiger partial charge in [0.2, 0.25) is 0 Å². The second-order valence-corrected chi connectivity index (χ2v) is 7.43. The molecule has 0 aromatic carbocycles. The smallest absolute Gasteiger partial charge is 0.138 e. The fourth-order valence-corrected chi connectivity index (χ4v) is 3.52. The molecule has 6 heteroatoms. The van der Waals surface area contributed by atoms with Gasteiger partial charge in [0.25, 0.3) is 0 Å². The van der Waals surface area contributed by atoms with Crippen LogP contribution in [0.15, 0.2) is 22.2 Å². The molecule has 2 heterocycles. The van der Waals surface area contributed by atoms with Crippen LogP contribution in [-0.2, 0) is 13.0 Å². The zero-order valence-corrected chi connectivity index (χ0v) is 13.8. The van der Waals surface area contributed by atoms with E-state index in [1.54, 1.807) is 17.7 Å². The van der Waals surface area contributed by atoms with Crippen molar-refractivity contribution in [1.82, 2.24) is 20.1 Å². The van der Waals surface area contributed by atoms with E-state index in [1.165, 1.54) is 4.88 Å². The highest BCUT2D eigenvalue weighted by Gasteiger charge is 2.16. The van der Waals surface area contributed by atoms with Gasteiger partial charge < -0.3 is 5.32 Å². The van der Waals surface area contributed by atoms with E-state index in [0.717, 1.165) is 22.6 Å². The summed E-state index contributed by atoms with van der Waals surface area (Å²) in [6, 6.07) is 4.52. The Morgan fingerprint density at radius 3 is 2.79 bits per heavy atom. The average molecular weight is 343 g/mol. The first-order chi connectivity index (χ1) is 9.10. The second-order valence-electron chi connectivity index (χ2n) is 4.94. The Labute approximate surface area is 126 Å². The summed E-state index contributed by atoms with van der Waals surface area (Å²) in [6.07, 6.45) is 2.50. The third-order valence-corrected chi connectivity index (χ3v) is 4.64. The highest BCUT2D eigenvalue weighted by atomic mass is 79.9. The topological polar surface area (TPSA) is 42.7 Å². The maximum Gasteiger partial charge on any atom is 0.138 e. The first kappa shape index (κ1) is 14.7. The van der Waals surface area contributed by atoms with Gasteiger partial charge in [-0.05, 0) is 41.0 Å². The highest BCUT2D eigenvalue weighted by Crippen LogP contribution is 2.28. The minimum atomic E-state index is 0.284. The summed E-state index contributed by atoms with van der Waals surface area (Å²) in [5.41, 5.74) is 0. The van der Waals surface area contributed by atoms with E-state index in [1.807, 2.05) is 11.7 Å². The van der Waals surface area contributed by atoms with Crippen molar-refractivity contribution in [2.24, 2.45) is 5.92 Å². The molecule has 0 amide bonds. The summed E-state index contributed by atoms with van der Waals surface area (Å²) >= 11 is 5.27. The molecule has 1 unspecified atom stereocenters. The minimum Gasteiger partial charge on any atom is -0.312 e. The van der Waals surface area contributed by atoms with E-state index in [2.05, 4.69) is 57.3 Å². The number of aromatic nitrogens is 3. The van der Waals surface area contributed by atoms with E-state index < -0.39 is 0 Å². The number of hydrogen-bond acceptors (Lipinski definition) is 4. The average Bonchev–Trinajstić information content (AvgIpc) is 2.95. The Balaban J connectivity index is 2.12. The number of hydrogen-bond donors (Lipinski definition) is 1. The van der Waals surface area contributed by atoms with Gasteiger partial charge in [-0.2, -0.15) is 5.10 Å². The van der Waals surface area contributed by atoms with Gasteiger partial charge in [0, 0.05) is 23.9 Å². The molecule has 4 nitrogen and oxygen atoms in total. The Morgan fingerprint density at radius 2 is 2.21 bits per heavy atom. The zero-order chi connectivity index (χ0) is 13.8. The van der Waals surface area contributed by atoms with Crippen molar-refractivity contribution in [3.05, 3.63) is 32.9 Å². The Hall–Kier alpha value is -0.720. The van der Waals surface area contributed by atoms with Crippen molar-refractivity contribution in [3.8, 4) is 0 Å². The standard InChI is InChI=1S/C13H19BrN4S/c1-9(2)7-18-13(16-8-17-18)6-10(15-3)11-4-5-12(14)19-11/h4-5,8-10,15H,6-7H2,1-3H3. The minimum absolute atomic E-state index is 0.284. The summed E-state index contributed by atoms with van der Waals surface area (Å²) < 4.78 is 3.17. The molecule has 1 N–H and O–H groups in total. The third-order valence-electron chi connectivity index (χ3n) is 2.91. The van der Waals surface area contributed by atoms with Crippen LogP contribution in [-0.4, -0.2) is 21.8 Å². The lowest BCUT2D eigenvalue weighted by atomic mass is 10.1. The molecule has 104 valence electrons. The largest absolute Gasteiger partial charge is 0.312 e. The summed E-state index contributed by atoms with van der Waals surface area (Å²) in [6.45, 7) is 5.30. The predicted molar refractivity (Wildman–Crippen MR) is 82.4 cm³/mol. The van der Waals surface area contributed by atoms with Gasteiger partial charge in [0.05, 0.1) is 3.79 Å². The first-order valence-electron chi connectivity index (χ1n) is 6.39. The molecule has 2 rings (SSSR count). The molecular weight excluding hydrogens is 324 g/mol. The first-order valence-corrected chi connectivity index (χ1v) is 8.00. The number of nitrogens with one attached hydrogen (secondary N) is 1. The third kappa shape index (κ3) is 3.87. The molecular formula is C13H19BrN4S. The van der Waals surface area contributed by atoms with Gasteiger partial charge in [0.15, 0.2) is 0 Å². The summed E-state index contributed by atoms with van der Waals surface area (Å²) in [7, 11) is 1.99. The predicted octanol–water partition coefficient (Wildman–Crippen LogP) is 3.26. The zero-order valence-electron chi connectivity index (χ0n) is 11.4. The van der Waals surface area contributed by atoms with E-state index in [9.17, 15) is 0 Å². The molecule has 19 heavy (non-hydrogen) atoms. The van der Waals surface area contributed by atoms with Gasteiger partial charge >= 0.3 is 0 Å². The van der Waals surface area contributed by atoms with Crippen LogP contribution in [0, 0.1) is 5.92 Å². The van der Waals surface area contributed by atoms with Crippen LogP contribution in [0.5, 0.6) is 0 Å². The van der Waals surface area contributed by atoms with E-state index in [-0.39, 0.29) is 6.04 Å². The molecule has 2 aromatic rings. The summed E-state index contributed by atoms with van der Waals surface area (Å²) in [5.74, 6) is 1.61. The number of halogens is 1. The SMILES string of the molecule is CNC(Cc1ncnn1CC(C)C)c1ccc(Br)s1. The molecule has 0 aliphatic heterocycles. The monoisotopic (exact) mass is 342 g/mol. The Bertz CT molecular complexity index is 520. The lowest BCUT2D eigenvalue weighted by Crippen LogP contribution is -2.21. The van der Waals surface area contributed by atoms with Gasteiger partial charge in [-0.15, -0.1) is 11.3 Å². The maximum atomic E-state index is 4.39. The van der Waals surface area contributed by atoms with E-state index in [4.69, 9.17) is 0 Å². The van der Waals surface area contributed by atoms with Crippen molar-refractivity contribution in [2.75, 3.05) is 7.05 Å². The maximum absolute atomic E-state index is 4.39. The van der Waals surface area contributed by atoms with Gasteiger partial charge in [-0.25, -0.2) is 9.67 Å². The molecule has 0 aliphatic carbocycles. The molecule has 2 aromatic heterocycles. The molecule has 0 bridgehead atoms. The molecule has 0 fully saturated rings. The highest BCUT2D eigenvalue weighted by molar-refractivity contribution is 9.11. The van der Waals surface area contributed by atoms with Crippen LogP contribution in [0.2, 0.25) is 0 Å². The molecule has 1 atom stereocenters. The van der Waals surface area contributed by atoms with Crippen molar-refractivity contribution in [3.63, 3.8) is 0 Å². The van der Waals surface area contributed by atoms with Crippen LogP contribution in [0.3, 0.4) is 0 Å². The van der Waals surface area contributed by atoms with Crippen LogP contribution >= 0.6 is 27.3 Å². The normalized spacial score (nSPS) is 13.1. The molecule has 0 saturated heterocycles. The van der Waals surface area contributed by atoms with Crippen molar-refractivity contribution in [2.45, 2.75) is 32.9 Å². The van der Waals surface area contributed by atoms with Gasteiger partial charge in [0.1, 0.15) is 12.2 Å². The second kappa shape index (κ2) is 6.63. The van der Waals surface area contributed by atoms with Gasteiger partial charge in [-0.3, -0.25) is 0 Å². The fraction of sp³-hybridized carbons (Fsp3) is 0.538. The lowest BCUT2D eigenvalue weighted by molar-refractivity contribution is 0.452. The van der Waals surface area contributed by atoms with Crippen molar-refractivity contribution >= 4 is 27.3 Å². The van der Waals surface area contributed by atoms with Crippen LogP contribution in [0.1, 0.15) is 30.6 Å². The fourth-order valence-electron chi connectivity index (χ4n) is 1.99. The number of rotatable bonds is 6.